The number of carboxylic acid groups (broad SMARTS) is 1. The van der Waals surface area contributed by atoms with Crippen LogP contribution in [-0.2, 0) is 9.53 Å². The van der Waals surface area contributed by atoms with Gasteiger partial charge in [0.05, 0.1) is 6.04 Å². The van der Waals surface area contributed by atoms with Crippen LogP contribution in [0.4, 0.5) is 15.3 Å². The van der Waals surface area contributed by atoms with Crippen molar-refractivity contribution in [3.8, 4) is 0 Å². The molecule has 3 rings (SSSR count). The van der Waals surface area contributed by atoms with Crippen LogP contribution in [-0.4, -0.2) is 70.8 Å². The molecule has 1 unspecified atom stereocenters. The maximum Gasteiger partial charge on any atom is 0.410 e. The highest BCUT2D eigenvalue weighted by atomic mass is 16.6. The van der Waals surface area contributed by atoms with Gasteiger partial charge >= 0.3 is 18.1 Å². The Kier molecular flexibility index (Phi) is 5.31. The maximum atomic E-state index is 12.8. The molecule has 150 valence electrons. The number of urea groups is 1. The number of carbonyl (C=O) groups excluding carboxylic acids is 2. The van der Waals surface area contributed by atoms with Crippen LogP contribution >= 0.6 is 0 Å². The maximum absolute atomic E-state index is 12.8. The molecule has 8 nitrogen and oxygen atoms in total. The van der Waals surface area contributed by atoms with Crippen LogP contribution in [0.5, 0.6) is 0 Å². The Morgan fingerprint density at radius 2 is 1.82 bits per heavy atom. The number of ether oxygens (including phenoxy) is 1. The lowest BCUT2D eigenvalue weighted by molar-refractivity contribution is -0.131. The van der Waals surface area contributed by atoms with E-state index in [-0.39, 0.29) is 18.2 Å². The molecule has 1 aromatic carbocycles. The van der Waals surface area contributed by atoms with Crippen LogP contribution in [0.1, 0.15) is 26.3 Å². The van der Waals surface area contributed by atoms with E-state index in [0.29, 0.717) is 26.2 Å². The number of hydrogen-bond acceptors (Lipinski definition) is 4. The second-order valence-electron chi connectivity index (χ2n) is 7.93. The number of amides is 3. The smallest absolute Gasteiger partial charge is 0.410 e. The van der Waals surface area contributed by atoms with Crippen LogP contribution in [0.3, 0.4) is 0 Å². The van der Waals surface area contributed by atoms with E-state index in [0.717, 1.165) is 17.3 Å². The van der Waals surface area contributed by atoms with Gasteiger partial charge in [0.1, 0.15) is 5.60 Å². The van der Waals surface area contributed by atoms with Gasteiger partial charge in [-0.25, -0.2) is 14.4 Å². The molecule has 0 aliphatic carbocycles. The summed E-state index contributed by atoms with van der Waals surface area (Å²) in [5.74, 6) is -1.01. The van der Waals surface area contributed by atoms with Crippen molar-refractivity contribution in [2.24, 2.45) is 0 Å². The average Bonchev–Trinajstić information content (AvgIpc) is 2.95. The molecule has 8 heteroatoms. The molecule has 2 heterocycles. The molecule has 2 aliphatic heterocycles. The predicted octanol–water partition coefficient (Wildman–Crippen LogP) is 2.65. The Labute approximate surface area is 164 Å². The molecule has 0 aromatic heterocycles. The van der Waals surface area contributed by atoms with Crippen molar-refractivity contribution in [1.29, 1.82) is 0 Å². The molecule has 0 bridgehead atoms. The van der Waals surface area contributed by atoms with E-state index in [4.69, 9.17) is 9.84 Å². The summed E-state index contributed by atoms with van der Waals surface area (Å²) in [6.07, 6.45) is 2.22. The van der Waals surface area contributed by atoms with Crippen molar-refractivity contribution in [1.82, 2.24) is 9.80 Å². The van der Waals surface area contributed by atoms with Crippen molar-refractivity contribution in [2.75, 3.05) is 31.1 Å². The molecule has 0 spiro atoms. The van der Waals surface area contributed by atoms with Crippen molar-refractivity contribution in [3.63, 3.8) is 0 Å². The zero-order chi connectivity index (χ0) is 20.5. The van der Waals surface area contributed by atoms with Gasteiger partial charge in [-0.1, -0.05) is 12.1 Å². The van der Waals surface area contributed by atoms with Gasteiger partial charge in [0.15, 0.2) is 0 Å². The topological polar surface area (TPSA) is 90.4 Å². The van der Waals surface area contributed by atoms with E-state index < -0.39 is 11.6 Å². The summed E-state index contributed by atoms with van der Waals surface area (Å²) in [6, 6.07) is 6.97. The third-order valence-electron chi connectivity index (χ3n) is 4.63. The van der Waals surface area contributed by atoms with Crippen molar-refractivity contribution < 1.29 is 24.2 Å². The number of aliphatic carboxylic acids is 1. The molecule has 2 aliphatic rings. The molecule has 1 aromatic rings. The zero-order valence-corrected chi connectivity index (χ0v) is 16.3. The van der Waals surface area contributed by atoms with Crippen molar-refractivity contribution in [3.05, 3.63) is 35.9 Å². The zero-order valence-electron chi connectivity index (χ0n) is 16.3. The van der Waals surface area contributed by atoms with Gasteiger partial charge in [0.25, 0.3) is 0 Å². The molecule has 3 amide bonds. The molecular weight excluding hydrogens is 362 g/mol. The first-order valence-corrected chi connectivity index (χ1v) is 9.21. The average molecular weight is 387 g/mol. The molecule has 0 radical (unpaired) electrons. The second kappa shape index (κ2) is 7.53. The van der Waals surface area contributed by atoms with Gasteiger partial charge in [-0.05, 0) is 44.5 Å². The Balaban J connectivity index is 1.67. The minimum atomic E-state index is -1.01. The predicted molar refractivity (Wildman–Crippen MR) is 104 cm³/mol. The van der Waals surface area contributed by atoms with Crippen LogP contribution in [0.2, 0.25) is 0 Å². The fourth-order valence-corrected chi connectivity index (χ4v) is 3.35. The number of carbonyl (C=O) groups is 3. The van der Waals surface area contributed by atoms with Crippen LogP contribution in [0.25, 0.3) is 6.08 Å². The standard InChI is InChI=1S/C20H25N3O5/c1-20(2,3)28-19(27)21-10-11-22-16(12-21)13-23(18(22)26)15-7-4-14(5-8-15)6-9-17(24)25/h4-9,16H,10-13H2,1-3H3,(H,24,25)/b9-6+. The largest absolute Gasteiger partial charge is 0.478 e. The lowest BCUT2D eigenvalue weighted by Crippen LogP contribution is -2.54. The van der Waals surface area contributed by atoms with E-state index in [2.05, 4.69) is 0 Å². The fourth-order valence-electron chi connectivity index (χ4n) is 3.35. The molecule has 28 heavy (non-hydrogen) atoms. The van der Waals surface area contributed by atoms with E-state index >= 15 is 0 Å². The summed E-state index contributed by atoms with van der Waals surface area (Å²) in [5.41, 5.74) is 0.935. The van der Waals surface area contributed by atoms with E-state index in [1.54, 1.807) is 39.0 Å². The van der Waals surface area contributed by atoms with E-state index in [9.17, 15) is 14.4 Å². The summed E-state index contributed by atoms with van der Waals surface area (Å²) >= 11 is 0. The Morgan fingerprint density at radius 3 is 2.43 bits per heavy atom. The third kappa shape index (κ3) is 4.44. The van der Waals surface area contributed by atoms with E-state index in [1.165, 1.54) is 6.08 Å². The van der Waals surface area contributed by atoms with Gasteiger partial charge in [-0.15, -0.1) is 0 Å². The fraction of sp³-hybridized carbons (Fsp3) is 0.450. The lowest BCUT2D eigenvalue weighted by Gasteiger charge is -2.36. The molecule has 1 N–H and O–H groups in total. The van der Waals surface area contributed by atoms with Crippen LogP contribution in [0.15, 0.2) is 30.3 Å². The highest BCUT2D eigenvalue weighted by molar-refractivity contribution is 5.95. The molecule has 0 saturated carbocycles. The molecule has 1 atom stereocenters. The van der Waals surface area contributed by atoms with Crippen LogP contribution in [0, 0.1) is 0 Å². The number of nitrogens with zero attached hydrogens (tertiary/aromatic N) is 3. The normalized spacial score (nSPS) is 19.9. The summed E-state index contributed by atoms with van der Waals surface area (Å²) in [7, 11) is 0. The third-order valence-corrected chi connectivity index (χ3v) is 4.63. The first-order valence-electron chi connectivity index (χ1n) is 9.21. The van der Waals surface area contributed by atoms with Crippen LogP contribution < -0.4 is 4.90 Å². The molecule has 2 fully saturated rings. The minimum Gasteiger partial charge on any atom is -0.478 e. The van der Waals surface area contributed by atoms with Gasteiger partial charge in [0.2, 0.25) is 0 Å². The Morgan fingerprint density at radius 1 is 1.14 bits per heavy atom. The number of hydrogen-bond donors (Lipinski definition) is 1. The lowest BCUT2D eigenvalue weighted by atomic mass is 10.1. The Bertz CT molecular complexity index is 797. The Hall–Kier alpha value is -3.03. The monoisotopic (exact) mass is 387 g/mol. The second-order valence-corrected chi connectivity index (χ2v) is 7.93. The quantitative estimate of drug-likeness (QED) is 0.806. The van der Waals surface area contributed by atoms with Gasteiger partial charge in [-0.3, -0.25) is 4.90 Å². The summed E-state index contributed by atoms with van der Waals surface area (Å²) in [5, 5.41) is 8.70. The molecular formula is C20H25N3O5. The minimum absolute atomic E-state index is 0.0809. The first-order chi connectivity index (χ1) is 13.1. The van der Waals surface area contributed by atoms with Gasteiger partial charge in [0, 0.05) is 37.9 Å². The van der Waals surface area contributed by atoms with Gasteiger partial charge in [-0.2, -0.15) is 0 Å². The highest BCUT2D eigenvalue weighted by Gasteiger charge is 2.42. The summed E-state index contributed by atoms with van der Waals surface area (Å²) in [4.78, 5) is 40.8. The summed E-state index contributed by atoms with van der Waals surface area (Å²) in [6.45, 7) is 7.34. The summed E-state index contributed by atoms with van der Waals surface area (Å²) < 4.78 is 5.44. The van der Waals surface area contributed by atoms with Gasteiger partial charge < -0.3 is 19.6 Å². The first kappa shape index (κ1) is 19.7. The number of rotatable bonds is 3. The van der Waals surface area contributed by atoms with Crippen molar-refractivity contribution >= 4 is 29.9 Å². The number of carboxylic acids is 1. The number of fused-ring (bicyclic) bond motifs is 1. The highest BCUT2D eigenvalue weighted by Crippen LogP contribution is 2.27. The number of benzene rings is 1. The molecule has 2 saturated heterocycles. The SMILES string of the molecule is CC(C)(C)OC(=O)N1CCN2C(=O)N(c3ccc(/C=C/C(=O)O)cc3)CC2C1. The number of piperazine rings is 1. The van der Waals surface area contributed by atoms with E-state index in [1.807, 2.05) is 20.8 Å². The number of anilines is 1. The van der Waals surface area contributed by atoms with Crippen molar-refractivity contribution in [2.45, 2.75) is 32.4 Å².